The van der Waals surface area contributed by atoms with Gasteiger partial charge in [-0.2, -0.15) is 5.10 Å². The molecule has 2 heterocycles. The quantitative estimate of drug-likeness (QED) is 0.784. The lowest BCUT2D eigenvalue weighted by molar-refractivity contribution is 0.588. The van der Waals surface area contributed by atoms with Crippen molar-refractivity contribution < 1.29 is 0 Å². The Morgan fingerprint density at radius 1 is 1.30 bits per heavy atom. The highest BCUT2D eigenvalue weighted by Gasteiger charge is 2.05. The zero-order valence-electron chi connectivity index (χ0n) is 11.7. The number of hydrogen-bond acceptors (Lipinski definition) is 4. The number of nitrogens with one attached hydrogen (secondary N) is 1. The molecule has 3 aromatic rings. The van der Waals surface area contributed by atoms with Crippen LogP contribution in [0.25, 0.3) is 10.2 Å². The molecule has 0 saturated heterocycles. The molecule has 2 aromatic heterocycles. The van der Waals surface area contributed by atoms with Gasteiger partial charge in [0, 0.05) is 24.3 Å². The van der Waals surface area contributed by atoms with Crippen molar-refractivity contribution in [2.75, 3.05) is 0 Å². The molecule has 4 nitrogen and oxygen atoms in total. The van der Waals surface area contributed by atoms with Gasteiger partial charge in [0.25, 0.3) is 0 Å². The van der Waals surface area contributed by atoms with Gasteiger partial charge in [-0.05, 0) is 12.1 Å². The number of hydrogen-bond donors (Lipinski definition) is 1. The van der Waals surface area contributed by atoms with Crippen LogP contribution in [-0.4, -0.2) is 20.8 Å². The molecule has 0 unspecified atom stereocenters. The first-order valence-corrected chi connectivity index (χ1v) is 7.61. The Balaban J connectivity index is 1.71. The maximum absolute atomic E-state index is 4.63. The SMILES string of the molecule is CC(C)NCc1cnn(Cc2nc3ccccc3s2)c1. The molecule has 0 saturated carbocycles. The van der Waals surface area contributed by atoms with E-state index in [0.717, 1.165) is 23.6 Å². The van der Waals surface area contributed by atoms with Gasteiger partial charge in [-0.15, -0.1) is 11.3 Å². The van der Waals surface area contributed by atoms with E-state index in [1.165, 1.54) is 10.3 Å². The van der Waals surface area contributed by atoms with E-state index in [1.807, 2.05) is 23.0 Å². The van der Waals surface area contributed by atoms with Crippen LogP contribution in [-0.2, 0) is 13.1 Å². The number of benzene rings is 1. The van der Waals surface area contributed by atoms with Gasteiger partial charge in [0.1, 0.15) is 5.01 Å². The van der Waals surface area contributed by atoms with E-state index in [0.29, 0.717) is 6.04 Å². The zero-order valence-corrected chi connectivity index (χ0v) is 12.5. The van der Waals surface area contributed by atoms with Crippen molar-refractivity contribution >= 4 is 21.6 Å². The van der Waals surface area contributed by atoms with Crippen LogP contribution in [0.4, 0.5) is 0 Å². The number of aromatic nitrogens is 3. The standard InChI is InChI=1S/C15H18N4S/c1-11(2)16-7-12-8-17-19(9-12)10-15-18-13-5-3-4-6-14(13)20-15/h3-6,8-9,11,16H,7,10H2,1-2H3. The molecular weight excluding hydrogens is 268 g/mol. The average molecular weight is 286 g/mol. The lowest BCUT2D eigenvalue weighted by Gasteiger charge is -2.05. The second-order valence-electron chi connectivity index (χ2n) is 5.16. The zero-order chi connectivity index (χ0) is 13.9. The Labute approximate surface area is 122 Å². The molecule has 0 atom stereocenters. The van der Waals surface area contributed by atoms with Gasteiger partial charge in [-0.1, -0.05) is 26.0 Å². The summed E-state index contributed by atoms with van der Waals surface area (Å²) in [5.74, 6) is 0. The highest BCUT2D eigenvalue weighted by atomic mass is 32.1. The summed E-state index contributed by atoms with van der Waals surface area (Å²) in [5.41, 5.74) is 2.28. The predicted octanol–water partition coefficient (Wildman–Crippen LogP) is 3.04. The molecule has 0 fully saturated rings. The third-order valence-electron chi connectivity index (χ3n) is 3.04. The lowest BCUT2D eigenvalue weighted by atomic mass is 10.3. The smallest absolute Gasteiger partial charge is 0.115 e. The maximum Gasteiger partial charge on any atom is 0.115 e. The van der Waals surface area contributed by atoms with Crippen LogP contribution in [0.1, 0.15) is 24.4 Å². The topological polar surface area (TPSA) is 42.7 Å². The molecule has 0 amide bonds. The Kier molecular flexibility index (Phi) is 3.80. The van der Waals surface area contributed by atoms with Crippen LogP contribution < -0.4 is 5.32 Å². The van der Waals surface area contributed by atoms with Crippen LogP contribution in [0, 0.1) is 0 Å². The number of nitrogens with zero attached hydrogens (tertiary/aromatic N) is 3. The largest absolute Gasteiger partial charge is 0.310 e. The van der Waals surface area contributed by atoms with E-state index in [9.17, 15) is 0 Å². The molecule has 0 bridgehead atoms. The molecule has 104 valence electrons. The van der Waals surface area contributed by atoms with Gasteiger partial charge in [0.05, 0.1) is 23.0 Å². The second-order valence-corrected chi connectivity index (χ2v) is 6.27. The van der Waals surface area contributed by atoms with Gasteiger partial charge in [0.2, 0.25) is 0 Å². The summed E-state index contributed by atoms with van der Waals surface area (Å²) in [4.78, 5) is 4.63. The second kappa shape index (κ2) is 5.73. The van der Waals surface area contributed by atoms with Gasteiger partial charge in [-0.3, -0.25) is 4.68 Å². The molecule has 20 heavy (non-hydrogen) atoms. The summed E-state index contributed by atoms with van der Waals surface area (Å²) in [6.07, 6.45) is 4.00. The highest BCUT2D eigenvalue weighted by Crippen LogP contribution is 2.22. The van der Waals surface area contributed by atoms with Crippen molar-refractivity contribution in [2.24, 2.45) is 0 Å². The van der Waals surface area contributed by atoms with Crippen LogP contribution in [0.5, 0.6) is 0 Å². The summed E-state index contributed by atoms with van der Waals surface area (Å²) < 4.78 is 3.19. The Bertz CT molecular complexity index is 666. The predicted molar refractivity (Wildman–Crippen MR) is 82.9 cm³/mol. The molecule has 1 aromatic carbocycles. The Morgan fingerprint density at radius 3 is 2.95 bits per heavy atom. The summed E-state index contributed by atoms with van der Waals surface area (Å²) in [5, 5.41) is 8.89. The van der Waals surface area contributed by atoms with E-state index in [-0.39, 0.29) is 0 Å². The van der Waals surface area contributed by atoms with Gasteiger partial charge < -0.3 is 5.32 Å². The fraction of sp³-hybridized carbons (Fsp3) is 0.333. The molecular formula is C15H18N4S. The third kappa shape index (κ3) is 3.05. The number of fused-ring (bicyclic) bond motifs is 1. The van der Waals surface area contributed by atoms with Crippen LogP contribution in [0.3, 0.4) is 0 Å². The molecule has 5 heteroatoms. The van der Waals surface area contributed by atoms with Crippen LogP contribution in [0.15, 0.2) is 36.7 Å². The van der Waals surface area contributed by atoms with E-state index in [4.69, 9.17) is 0 Å². The summed E-state index contributed by atoms with van der Waals surface area (Å²) in [7, 11) is 0. The fourth-order valence-electron chi connectivity index (χ4n) is 2.03. The van der Waals surface area contributed by atoms with E-state index in [2.05, 4.69) is 47.6 Å². The summed E-state index contributed by atoms with van der Waals surface area (Å²) in [6.45, 7) is 5.88. The maximum atomic E-state index is 4.63. The normalized spacial score (nSPS) is 11.6. The average Bonchev–Trinajstić information content (AvgIpc) is 3.02. The van der Waals surface area contributed by atoms with Crippen molar-refractivity contribution in [3.8, 4) is 0 Å². The summed E-state index contributed by atoms with van der Waals surface area (Å²) >= 11 is 1.73. The molecule has 0 aliphatic carbocycles. The first-order valence-electron chi connectivity index (χ1n) is 6.80. The van der Waals surface area contributed by atoms with Crippen molar-refractivity contribution in [1.29, 1.82) is 0 Å². The van der Waals surface area contributed by atoms with E-state index >= 15 is 0 Å². The van der Waals surface area contributed by atoms with Crippen LogP contribution in [0.2, 0.25) is 0 Å². The summed E-state index contributed by atoms with van der Waals surface area (Å²) in [6, 6.07) is 8.72. The van der Waals surface area contributed by atoms with Crippen molar-refractivity contribution in [1.82, 2.24) is 20.1 Å². The van der Waals surface area contributed by atoms with E-state index < -0.39 is 0 Å². The number of thiazole rings is 1. The first kappa shape index (κ1) is 13.3. The monoisotopic (exact) mass is 286 g/mol. The van der Waals surface area contributed by atoms with Crippen molar-refractivity contribution in [2.45, 2.75) is 33.0 Å². The van der Waals surface area contributed by atoms with Crippen molar-refractivity contribution in [3.63, 3.8) is 0 Å². The molecule has 1 N–H and O–H groups in total. The van der Waals surface area contributed by atoms with Crippen molar-refractivity contribution in [3.05, 3.63) is 47.2 Å². The lowest BCUT2D eigenvalue weighted by Crippen LogP contribution is -2.21. The van der Waals surface area contributed by atoms with Crippen LogP contribution >= 0.6 is 11.3 Å². The Morgan fingerprint density at radius 2 is 2.15 bits per heavy atom. The van der Waals surface area contributed by atoms with Gasteiger partial charge in [-0.25, -0.2) is 4.98 Å². The van der Waals surface area contributed by atoms with Gasteiger partial charge >= 0.3 is 0 Å². The first-order chi connectivity index (χ1) is 9.70. The van der Waals surface area contributed by atoms with E-state index in [1.54, 1.807) is 11.3 Å². The molecule has 0 spiro atoms. The molecule has 3 rings (SSSR count). The number of rotatable bonds is 5. The fourth-order valence-corrected chi connectivity index (χ4v) is 2.99. The highest BCUT2D eigenvalue weighted by molar-refractivity contribution is 7.18. The molecule has 0 aliphatic heterocycles. The minimum Gasteiger partial charge on any atom is -0.310 e. The molecule has 0 aliphatic rings. The number of para-hydroxylation sites is 1. The van der Waals surface area contributed by atoms with Gasteiger partial charge in [0.15, 0.2) is 0 Å². The molecule has 0 radical (unpaired) electrons. The third-order valence-corrected chi connectivity index (χ3v) is 4.06. The Hall–Kier alpha value is -1.72. The minimum atomic E-state index is 0.489. The minimum absolute atomic E-state index is 0.489.